The molecule has 1 aliphatic heterocycles. The SMILES string of the molecule is COc1ccc(CN(C(=O)CCc2ccc3c(c2)OCCO3)C(C)C(=O)NC(C)C)cc1. The van der Waals surface area contributed by atoms with E-state index < -0.39 is 6.04 Å². The highest BCUT2D eigenvalue weighted by Gasteiger charge is 2.26. The van der Waals surface area contributed by atoms with E-state index in [1.165, 1.54) is 0 Å². The minimum atomic E-state index is -0.590. The number of carbonyl (C=O) groups is 2. The van der Waals surface area contributed by atoms with Gasteiger partial charge in [0, 0.05) is 19.0 Å². The van der Waals surface area contributed by atoms with Crippen LogP contribution in [-0.2, 0) is 22.6 Å². The van der Waals surface area contributed by atoms with E-state index in [-0.39, 0.29) is 24.3 Å². The van der Waals surface area contributed by atoms with Crippen molar-refractivity contribution in [3.05, 3.63) is 53.6 Å². The second-order valence-electron chi connectivity index (χ2n) is 8.19. The molecule has 0 saturated heterocycles. The van der Waals surface area contributed by atoms with E-state index in [4.69, 9.17) is 14.2 Å². The van der Waals surface area contributed by atoms with E-state index in [1.807, 2.05) is 56.3 Å². The first-order valence-corrected chi connectivity index (χ1v) is 11.0. The zero-order chi connectivity index (χ0) is 23.1. The Balaban J connectivity index is 1.71. The number of benzene rings is 2. The van der Waals surface area contributed by atoms with Gasteiger partial charge in [-0.05, 0) is 62.6 Å². The molecule has 0 aromatic heterocycles. The lowest BCUT2D eigenvalue weighted by molar-refractivity contribution is -0.140. The van der Waals surface area contributed by atoms with Gasteiger partial charge in [0.1, 0.15) is 25.0 Å². The van der Waals surface area contributed by atoms with Crippen molar-refractivity contribution in [3.63, 3.8) is 0 Å². The fourth-order valence-corrected chi connectivity index (χ4v) is 3.55. The lowest BCUT2D eigenvalue weighted by atomic mass is 10.1. The largest absolute Gasteiger partial charge is 0.497 e. The quantitative estimate of drug-likeness (QED) is 0.647. The lowest BCUT2D eigenvalue weighted by Gasteiger charge is -2.29. The third-order valence-electron chi connectivity index (χ3n) is 5.34. The monoisotopic (exact) mass is 440 g/mol. The van der Waals surface area contributed by atoms with E-state index in [1.54, 1.807) is 18.9 Å². The molecule has 1 aliphatic rings. The van der Waals surface area contributed by atoms with Gasteiger partial charge >= 0.3 is 0 Å². The molecule has 0 saturated carbocycles. The molecule has 1 unspecified atom stereocenters. The molecule has 0 bridgehead atoms. The molecule has 2 amide bonds. The van der Waals surface area contributed by atoms with Gasteiger partial charge in [0.05, 0.1) is 7.11 Å². The van der Waals surface area contributed by atoms with E-state index in [0.717, 1.165) is 22.6 Å². The van der Waals surface area contributed by atoms with Gasteiger partial charge in [-0.1, -0.05) is 18.2 Å². The Morgan fingerprint density at radius 3 is 2.31 bits per heavy atom. The maximum absolute atomic E-state index is 13.2. The van der Waals surface area contributed by atoms with Crippen molar-refractivity contribution in [2.45, 2.75) is 52.2 Å². The highest BCUT2D eigenvalue weighted by atomic mass is 16.6. The number of fused-ring (bicyclic) bond motifs is 1. The molecule has 2 aromatic rings. The molecule has 0 radical (unpaired) electrons. The average Bonchev–Trinajstić information content (AvgIpc) is 2.80. The predicted octanol–water partition coefficient (Wildman–Crippen LogP) is 3.34. The summed E-state index contributed by atoms with van der Waals surface area (Å²) in [6.45, 7) is 6.99. The number of amides is 2. The van der Waals surface area contributed by atoms with Crippen LogP contribution in [0.5, 0.6) is 17.2 Å². The van der Waals surface area contributed by atoms with E-state index in [9.17, 15) is 9.59 Å². The predicted molar refractivity (Wildman–Crippen MR) is 122 cm³/mol. The van der Waals surface area contributed by atoms with Crippen LogP contribution in [-0.4, -0.2) is 49.1 Å². The summed E-state index contributed by atoms with van der Waals surface area (Å²) in [5.41, 5.74) is 1.92. The zero-order valence-corrected chi connectivity index (χ0v) is 19.2. The topological polar surface area (TPSA) is 77.1 Å². The van der Waals surface area contributed by atoms with Crippen LogP contribution in [0.25, 0.3) is 0 Å². The van der Waals surface area contributed by atoms with Crippen molar-refractivity contribution in [1.29, 1.82) is 0 Å². The first-order valence-electron chi connectivity index (χ1n) is 11.0. The van der Waals surface area contributed by atoms with E-state index >= 15 is 0 Å². The van der Waals surface area contributed by atoms with Crippen LogP contribution in [0.3, 0.4) is 0 Å². The molecule has 0 aliphatic carbocycles. The summed E-state index contributed by atoms with van der Waals surface area (Å²) in [5, 5.41) is 2.91. The molecule has 7 nitrogen and oxygen atoms in total. The van der Waals surface area contributed by atoms with Crippen molar-refractivity contribution in [2.24, 2.45) is 0 Å². The maximum atomic E-state index is 13.2. The van der Waals surface area contributed by atoms with Crippen LogP contribution in [0.4, 0.5) is 0 Å². The normalized spacial score (nSPS) is 13.4. The maximum Gasteiger partial charge on any atom is 0.242 e. The molecular formula is C25H32N2O5. The van der Waals surface area contributed by atoms with Gasteiger partial charge in [-0.2, -0.15) is 0 Å². The third-order valence-corrected chi connectivity index (χ3v) is 5.34. The van der Waals surface area contributed by atoms with Crippen LogP contribution < -0.4 is 19.5 Å². The first kappa shape index (κ1) is 23.4. The summed E-state index contributed by atoms with van der Waals surface area (Å²) >= 11 is 0. The van der Waals surface area contributed by atoms with Gasteiger partial charge in [0.25, 0.3) is 0 Å². The summed E-state index contributed by atoms with van der Waals surface area (Å²) in [6, 6.07) is 12.7. The Morgan fingerprint density at radius 2 is 1.66 bits per heavy atom. The Kier molecular flexibility index (Phi) is 7.98. The van der Waals surface area contributed by atoms with Gasteiger partial charge in [-0.25, -0.2) is 0 Å². The minimum absolute atomic E-state index is 0.000558. The number of ether oxygens (including phenoxy) is 3. The molecule has 1 heterocycles. The van der Waals surface area contributed by atoms with Crippen molar-refractivity contribution < 1.29 is 23.8 Å². The second kappa shape index (κ2) is 10.9. The van der Waals surface area contributed by atoms with Gasteiger partial charge in [-0.15, -0.1) is 0 Å². The van der Waals surface area contributed by atoms with E-state index in [0.29, 0.717) is 31.9 Å². The van der Waals surface area contributed by atoms with Crippen molar-refractivity contribution in [3.8, 4) is 17.2 Å². The fourth-order valence-electron chi connectivity index (χ4n) is 3.55. The molecule has 0 spiro atoms. The Bertz CT molecular complexity index is 926. The highest BCUT2D eigenvalue weighted by Crippen LogP contribution is 2.31. The Labute approximate surface area is 189 Å². The van der Waals surface area contributed by atoms with Crippen LogP contribution in [0, 0.1) is 0 Å². The summed E-state index contributed by atoms with van der Waals surface area (Å²) in [6.07, 6.45) is 0.836. The molecule has 3 rings (SSSR count). The van der Waals surface area contributed by atoms with Crippen molar-refractivity contribution in [1.82, 2.24) is 10.2 Å². The summed E-state index contributed by atoms with van der Waals surface area (Å²) in [7, 11) is 1.61. The molecule has 172 valence electrons. The smallest absolute Gasteiger partial charge is 0.242 e. The van der Waals surface area contributed by atoms with Crippen LogP contribution >= 0.6 is 0 Å². The van der Waals surface area contributed by atoms with Gasteiger partial charge in [-0.3, -0.25) is 9.59 Å². The second-order valence-corrected chi connectivity index (χ2v) is 8.19. The Hall–Kier alpha value is -3.22. The molecule has 2 aromatic carbocycles. The molecule has 1 N–H and O–H groups in total. The molecule has 0 fully saturated rings. The Morgan fingerprint density at radius 1 is 1.00 bits per heavy atom. The molecule has 1 atom stereocenters. The number of hydrogen-bond acceptors (Lipinski definition) is 5. The molecule has 7 heteroatoms. The number of carbonyl (C=O) groups excluding carboxylic acids is 2. The fraction of sp³-hybridized carbons (Fsp3) is 0.440. The zero-order valence-electron chi connectivity index (χ0n) is 19.2. The van der Waals surface area contributed by atoms with Crippen LogP contribution in [0.1, 0.15) is 38.3 Å². The van der Waals surface area contributed by atoms with Gasteiger partial charge < -0.3 is 24.4 Å². The lowest BCUT2D eigenvalue weighted by Crippen LogP contribution is -2.49. The number of rotatable bonds is 9. The van der Waals surface area contributed by atoms with Gasteiger partial charge in [0.2, 0.25) is 11.8 Å². The van der Waals surface area contributed by atoms with Gasteiger partial charge in [0.15, 0.2) is 11.5 Å². The van der Waals surface area contributed by atoms with Crippen molar-refractivity contribution >= 4 is 11.8 Å². The average molecular weight is 441 g/mol. The number of methoxy groups -OCH3 is 1. The minimum Gasteiger partial charge on any atom is -0.497 e. The number of nitrogens with one attached hydrogen (secondary N) is 1. The van der Waals surface area contributed by atoms with Crippen molar-refractivity contribution in [2.75, 3.05) is 20.3 Å². The highest BCUT2D eigenvalue weighted by molar-refractivity contribution is 5.87. The number of aryl methyl sites for hydroxylation is 1. The molecule has 32 heavy (non-hydrogen) atoms. The number of hydrogen-bond donors (Lipinski definition) is 1. The summed E-state index contributed by atoms with van der Waals surface area (Å²) < 4.78 is 16.4. The van der Waals surface area contributed by atoms with Crippen LogP contribution in [0.15, 0.2) is 42.5 Å². The molecular weight excluding hydrogens is 408 g/mol. The first-order chi connectivity index (χ1) is 15.4. The number of nitrogens with zero attached hydrogens (tertiary/aromatic N) is 1. The van der Waals surface area contributed by atoms with E-state index in [2.05, 4.69) is 5.32 Å². The summed E-state index contributed by atoms with van der Waals surface area (Å²) in [5.74, 6) is 1.94. The standard InChI is InChI=1S/C25H32N2O5/c1-17(2)26-25(29)18(3)27(16-20-5-9-21(30-4)10-6-20)24(28)12-8-19-7-11-22-23(15-19)32-14-13-31-22/h5-7,9-11,15,17-18H,8,12-14,16H2,1-4H3,(H,26,29). The third kappa shape index (κ3) is 6.15. The van der Waals surface area contributed by atoms with Crippen LogP contribution in [0.2, 0.25) is 0 Å². The summed E-state index contributed by atoms with van der Waals surface area (Å²) in [4.78, 5) is 27.5.